The van der Waals surface area contributed by atoms with Crippen LogP contribution in [0.3, 0.4) is 0 Å². The van der Waals surface area contributed by atoms with Gasteiger partial charge in [0.15, 0.2) is 5.13 Å². The number of carbonyl (C=O) groups excluding carboxylic acids is 2. The number of anilines is 1. The standard InChI is InChI=1S/C33H32N2O6S/c1-4-6-15-40-23-10-7-20(8-11-23)29-28(30(36)21-9-14-26-22(17-21)16-19(3)41-26)31(37)32(38)35(29)33-34-25-13-12-24(39-5-2)18-27(25)42-33/h7-14,17-19,29,36H,4-6,15-16H2,1-3H3/t19-,29-/m1/s1. The van der Waals surface area contributed by atoms with Crippen molar-refractivity contribution < 1.29 is 28.9 Å². The van der Waals surface area contributed by atoms with Crippen molar-refractivity contribution in [2.75, 3.05) is 18.1 Å². The van der Waals surface area contributed by atoms with Gasteiger partial charge in [0.2, 0.25) is 0 Å². The maximum absolute atomic E-state index is 13.7. The first kappa shape index (κ1) is 27.8. The highest BCUT2D eigenvalue weighted by molar-refractivity contribution is 7.22. The summed E-state index contributed by atoms with van der Waals surface area (Å²) in [5.74, 6) is 0.418. The number of ketones is 1. The quantitative estimate of drug-likeness (QED) is 0.0997. The Hall–Kier alpha value is -4.37. The number of rotatable bonds is 9. The predicted molar refractivity (Wildman–Crippen MR) is 163 cm³/mol. The van der Waals surface area contributed by atoms with Gasteiger partial charge in [0.1, 0.15) is 29.1 Å². The highest BCUT2D eigenvalue weighted by Gasteiger charge is 2.48. The van der Waals surface area contributed by atoms with Crippen LogP contribution in [0.25, 0.3) is 16.0 Å². The van der Waals surface area contributed by atoms with E-state index in [1.807, 2.05) is 62.4 Å². The topological polar surface area (TPSA) is 98.2 Å². The minimum atomic E-state index is -0.884. The van der Waals surface area contributed by atoms with Crippen LogP contribution >= 0.6 is 11.3 Å². The summed E-state index contributed by atoms with van der Waals surface area (Å²) in [7, 11) is 0. The van der Waals surface area contributed by atoms with Crippen molar-refractivity contribution >= 4 is 44.1 Å². The number of aliphatic hydroxyl groups excluding tert-OH is 1. The molecule has 3 aromatic carbocycles. The minimum absolute atomic E-state index is 0.0147. The summed E-state index contributed by atoms with van der Waals surface area (Å²) in [5.41, 5.74) is 2.76. The fourth-order valence-corrected chi connectivity index (χ4v) is 6.42. The molecule has 0 saturated carbocycles. The number of nitrogens with zero attached hydrogens (tertiary/aromatic N) is 2. The molecule has 1 N–H and O–H groups in total. The summed E-state index contributed by atoms with van der Waals surface area (Å²) in [6.45, 7) is 7.12. The van der Waals surface area contributed by atoms with Gasteiger partial charge in [-0.1, -0.05) is 36.8 Å². The number of Topliss-reactive ketones (excluding diaryl/α,β-unsaturated/α-hetero) is 1. The molecular weight excluding hydrogens is 552 g/mol. The van der Waals surface area contributed by atoms with E-state index in [9.17, 15) is 14.7 Å². The second-order valence-corrected chi connectivity index (χ2v) is 11.5. The Morgan fingerprint density at radius 2 is 1.83 bits per heavy atom. The van der Waals surface area contributed by atoms with Crippen LogP contribution in [-0.4, -0.2) is 41.1 Å². The van der Waals surface area contributed by atoms with E-state index in [-0.39, 0.29) is 17.4 Å². The number of amides is 1. The predicted octanol–water partition coefficient (Wildman–Crippen LogP) is 6.82. The molecule has 2 aliphatic heterocycles. The van der Waals surface area contributed by atoms with E-state index in [1.54, 1.807) is 12.1 Å². The van der Waals surface area contributed by atoms with E-state index in [0.29, 0.717) is 52.9 Å². The molecule has 2 aliphatic rings. The molecule has 2 atom stereocenters. The molecule has 0 unspecified atom stereocenters. The molecule has 1 amide bonds. The monoisotopic (exact) mass is 584 g/mol. The SMILES string of the molecule is CCCCOc1ccc([C@@H]2C(=C(O)c3ccc4c(c3)C[C@@H](C)O4)C(=O)C(=O)N2c2nc3ccc(OCC)cc3s2)cc1. The van der Waals surface area contributed by atoms with Crippen LogP contribution < -0.4 is 19.1 Å². The molecular formula is C33H32N2O6S. The van der Waals surface area contributed by atoms with Crippen molar-refractivity contribution in [1.29, 1.82) is 0 Å². The lowest BCUT2D eigenvalue weighted by molar-refractivity contribution is -0.132. The third kappa shape index (κ3) is 5.09. The highest BCUT2D eigenvalue weighted by atomic mass is 32.1. The summed E-state index contributed by atoms with van der Waals surface area (Å²) < 4.78 is 18.1. The number of hydrogen-bond acceptors (Lipinski definition) is 8. The fraction of sp³-hybridized carbons (Fsp3) is 0.303. The first-order valence-electron chi connectivity index (χ1n) is 14.2. The average Bonchev–Trinajstić information content (AvgIpc) is 3.65. The van der Waals surface area contributed by atoms with Gasteiger partial charge in [-0.2, -0.15) is 0 Å². The average molecular weight is 585 g/mol. The van der Waals surface area contributed by atoms with Gasteiger partial charge in [-0.05, 0) is 79.9 Å². The number of carbonyl (C=O) groups is 2. The van der Waals surface area contributed by atoms with Crippen LogP contribution in [0.4, 0.5) is 5.13 Å². The van der Waals surface area contributed by atoms with Crippen LogP contribution in [0.2, 0.25) is 0 Å². The highest BCUT2D eigenvalue weighted by Crippen LogP contribution is 2.45. The maximum atomic E-state index is 13.7. The first-order chi connectivity index (χ1) is 20.4. The van der Waals surface area contributed by atoms with Crippen molar-refractivity contribution in [3.05, 3.63) is 82.9 Å². The van der Waals surface area contributed by atoms with Gasteiger partial charge in [0.25, 0.3) is 5.78 Å². The molecule has 3 heterocycles. The van der Waals surface area contributed by atoms with Crippen molar-refractivity contribution in [3.63, 3.8) is 0 Å². The lowest BCUT2D eigenvalue weighted by Crippen LogP contribution is -2.29. The molecule has 8 nitrogen and oxygen atoms in total. The molecule has 0 spiro atoms. The Morgan fingerprint density at radius 3 is 2.60 bits per heavy atom. The zero-order valence-electron chi connectivity index (χ0n) is 23.8. The van der Waals surface area contributed by atoms with Gasteiger partial charge in [-0.25, -0.2) is 4.98 Å². The Bertz CT molecular complexity index is 1690. The molecule has 9 heteroatoms. The normalized spacial score (nSPS) is 19.3. The lowest BCUT2D eigenvalue weighted by Gasteiger charge is -2.23. The van der Waals surface area contributed by atoms with Crippen LogP contribution in [0.1, 0.15) is 56.3 Å². The Morgan fingerprint density at radius 1 is 1.05 bits per heavy atom. The van der Waals surface area contributed by atoms with Crippen LogP contribution in [0.15, 0.2) is 66.2 Å². The molecule has 1 aromatic heterocycles. The van der Waals surface area contributed by atoms with E-state index in [1.165, 1.54) is 16.2 Å². The van der Waals surface area contributed by atoms with Gasteiger partial charge >= 0.3 is 5.91 Å². The zero-order chi connectivity index (χ0) is 29.4. The number of ether oxygens (including phenoxy) is 3. The van der Waals surface area contributed by atoms with Crippen LogP contribution in [-0.2, 0) is 16.0 Å². The van der Waals surface area contributed by atoms with Gasteiger partial charge in [0, 0.05) is 12.0 Å². The second-order valence-electron chi connectivity index (χ2n) is 10.5. The molecule has 0 radical (unpaired) electrons. The first-order valence-corrected chi connectivity index (χ1v) is 15.1. The summed E-state index contributed by atoms with van der Waals surface area (Å²) in [6, 6.07) is 17.3. The Balaban J connectivity index is 1.46. The van der Waals surface area contributed by atoms with Crippen LogP contribution in [0.5, 0.6) is 17.2 Å². The van der Waals surface area contributed by atoms with E-state index >= 15 is 0 Å². The summed E-state index contributed by atoms with van der Waals surface area (Å²) >= 11 is 1.30. The second kappa shape index (κ2) is 11.5. The number of fused-ring (bicyclic) bond motifs is 2. The van der Waals surface area contributed by atoms with E-state index in [2.05, 4.69) is 6.92 Å². The van der Waals surface area contributed by atoms with E-state index in [4.69, 9.17) is 19.2 Å². The molecule has 42 heavy (non-hydrogen) atoms. The minimum Gasteiger partial charge on any atom is -0.507 e. The van der Waals surface area contributed by atoms with Gasteiger partial charge in [-0.15, -0.1) is 0 Å². The number of hydrogen-bond donors (Lipinski definition) is 1. The van der Waals surface area contributed by atoms with Crippen molar-refractivity contribution in [2.45, 2.75) is 52.2 Å². The third-order valence-electron chi connectivity index (χ3n) is 7.44. The lowest BCUT2D eigenvalue weighted by atomic mass is 9.94. The zero-order valence-corrected chi connectivity index (χ0v) is 24.6. The van der Waals surface area contributed by atoms with Crippen molar-refractivity contribution in [1.82, 2.24) is 4.98 Å². The number of unbranched alkanes of at least 4 members (excludes halogenated alkanes) is 1. The third-order valence-corrected chi connectivity index (χ3v) is 8.46. The molecule has 6 rings (SSSR count). The van der Waals surface area contributed by atoms with Crippen molar-refractivity contribution in [3.8, 4) is 17.2 Å². The molecule has 1 fully saturated rings. The van der Waals surface area contributed by atoms with E-state index in [0.717, 1.165) is 28.9 Å². The Kier molecular flexibility index (Phi) is 7.60. The number of aliphatic hydroxyl groups is 1. The molecule has 0 bridgehead atoms. The summed E-state index contributed by atoms with van der Waals surface area (Å²) in [6.07, 6.45) is 2.69. The molecule has 4 aromatic rings. The number of aromatic nitrogens is 1. The molecule has 216 valence electrons. The molecule has 1 saturated heterocycles. The summed E-state index contributed by atoms with van der Waals surface area (Å²) in [5, 5.41) is 12.0. The van der Waals surface area contributed by atoms with Crippen LogP contribution in [0, 0.1) is 0 Å². The Labute approximate surface area is 248 Å². The van der Waals surface area contributed by atoms with Crippen molar-refractivity contribution in [2.24, 2.45) is 0 Å². The molecule has 0 aliphatic carbocycles. The smallest absolute Gasteiger partial charge is 0.301 e. The van der Waals surface area contributed by atoms with Gasteiger partial charge in [0.05, 0.1) is 35.0 Å². The van der Waals surface area contributed by atoms with Gasteiger partial charge in [-0.3, -0.25) is 14.5 Å². The number of benzene rings is 3. The summed E-state index contributed by atoms with van der Waals surface area (Å²) in [4.78, 5) is 33.5. The van der Waals surface area contributed by atoms with Gasteiger partial charge < -0.3 is 19.3 Å². The fourth-order valence-electron chi connectivity index (χ4n) is 5.40. The largest absolute Gasteiger partial charge is 0.507 e. The maximum Gasteiger partial charge on any atom is 0.301 e. The number of thiazole rings is 1. The van der Waals surface area contributed by atoms with E-state index < -0.39 is 17.7 Å².